The Hall–Kier alpha value is -2.75. The molecule has 0 fully saturated rings. The van der Waals surface area contributed by atoms with Crippen molar-refractivity contribution in [1.29, 1.82) is 0 Å². The summed E-state index contributed by atoms with van der Waals surface area (Å²) in [6.45, 7) is 6.15. The van der Waals surface area contributed by atoms with Crippen LogP contribution in [0.25, 0.3) is 6.08 Å². The molecule has 0 amide bonds. The molecular formula is C20H22O4. The van der Waals surface area contributed by atoms with Gasteiger partial charge in [-0.25, -0.2) is 0 Å². The Morgan fingerprint density at radius 1 is 1.17 bits per heavy atom. The van der Waals surface area contributed by atoms with Crippen molar-refractivity contribution in [2.75, 3.05) is 6.61 Å². The van der Waals surface area contributed by atoms with Gasteiger partial charge in [0.05, 0.1) is 6.61 Å². The van der Waals surface area contributed by atoms with E-state index in [1.165, 1.54) is 18.2 Å². The topological polar surface area (TPSA) is 66.8 Å². The van der Waals surface area contributed by atoms with E-state index in [0.717, 1.165) is 17.5 Å². The minimum Gasteiger partial charge on any atom is -0.508 e. The molecule has 2 rings (SSSR count). The molecule has 0 saturated heterocycles. The van der Waals surface area contributed by atoms with Crippen LogP contribution in [0.5, 0.6) is 17.2 Å². The zero-order valence-corrected chi connectivity index (χ0v) is 14.2. The van der Waals surface area contributed by atoms with Crippen molar-refractivity contribution in [1.82, 2.24) is 0 Å². The van der Waals surface area contributed by atoms with Crippen molar-refractivity contribution in [2.24, 2.45) is 0 Å². The molecule has 0 heterocycles. The number of ether oxygens (including phenoxy) is 1. The summed E-state index contributed by atoms with van der Waals surface area (Å²) in [5.41, 5.74) is 2.64. The number of aromatic hydroxyl groups is 2. The van der Waals surface area contributed by atoms with Crippen molar-refractivity contribution in [3.8, 4) is 17.2 Å². The van der Waals surface area contributed by atoms with E-state index in [4.69, 9.17) is 4.74 Å². The number of carbonyl (C=O) groups is 1. The number of ketones is 1. The van der Waals surface area contributed by atoms with Gasteiger partial charge in [-0.15, -0.1) is 0 Å². The SMILES string of the molecule is CCCOc1c(C=CC(=O)c2ccc(O)cc2)cc(C)c(O)c1C. The molecule has 0 radical (unpaired) electrons. The van der Waals surface area contributed by atoms with Gasteiger partial charge in [-0.1, -0.05) is 6.92 Å². The van der Waals surface area contributed by atoms with E-state index in [1.807, 2.05) is 13.8 Å². The van der Waals surface area contributed by atoms with Crippen LogP contribution in [0.15, 0.2) is 36.4 Å². The summed E-state index contributed by atoms with van der Waals surface area (Å²) in [7, 11) is 0. The Balaban J connectivity index is 2.33. The number of hydrogen-bond donors (Lipinski definition) is 2. The Bertz CT molecular complexity index is 758. The molecule has 0 spiro atoms. The Kier molecular flexibility index (Phi) is 5.64. The molecule has 0 atom stereocenters. The summed E-state index contributed by atoms with van der Waals surface area (Å²) in [4.78, 5) is 12.2. The lowest BCUT2D eigenvalue weighted by Crippen LogP contribution is -2.01. The summed E-state index contributed by atoms with van der Waals surface area (Å²) in [6.07, 6.45) is 4.01. The molecule has 4 nitrogen and oxygen atoms in total. The summed E-state index contributed by atoms with van der Waals surface area (Å²) >= 11 is 0. The molecule has 0 aliphatic heterocycles. The lowest BCUT2D eigenvalue weighted by molar-refractivity contribution is 0.104. The summed E-state index contributed by atoms with van der Waals surface area (Å²) in [5.74, 6) is 0.758. The fourth-order valence-electron chi connectivity index (χ4n) is 2.39. The fraction of sp³-hybridized carbons (Fsp3) is 0.250. The molecule has 2 N–H and O–H groups in total. The molecule has 0 saturated carbocycles. The first kappa shape index (κ1) is 17.6. The minimum absolute atomic E-state index is 0.121. The normalized spacial score (nSPS) is 11.0. The van der Waals surface area contributed by atoms with E-state index in [2.05, 4.69) is 0 Å². The summed E-state index contributed by atoms with van der Waals surface area (Å²) < 4.78 is 5.75. The molecule has 0 bridgehead atoms. The van der Waals surface area contributed by atoms with Crippen molar-refractivity contribution in [3.05, 3.63) is 58.7 Å². The Labute approximate surface area is 142 Å². The Morgan fingerprint density at radius 3 is 2.46 bits per heavy atom. The van der Waals surface area contributed by atoms with Gasteiger partial charge in [0.1, 0.15) is 17.2 Å². The van der Waals surface area contributed by atoms with Gasteiger partial charge in [-0.05, 0) is 68.3 Å². The summed E-state index contributed by atoms with van der Waals surface area (Å²) in [6, 6.07) is 7.90. The standard InChI is InChI=1S/C20H22O4/c1-4-11-24-20-14(3)19(23)13(2)12-16(20)7-10-18(22)15-5-8-17(21)9-6-15/h5-10,12,21,23H,4,11H2,1-3H3. The average molecular weight is 326 g/mol. The second-order valence-electron chi connectivity index (χ2n) is 5.68. The molecule has 0 aliphatic rings. The lowest BCUT2D eigenvalue weighted by Gasteiger charge is -2.14. The van der Waals surface area contributed by atoms with Crippen LogP contribution in [0.2, 0.25) is 0 Å². The van der Waals surface area contributed by atoms with Gasteiger partial charge in [0.2, 0.25) is 0 Å². The van der Waals surface area contributed by atoms with E-state index in [-0.39, 0.29) is 17.3 Å². The number of phenolic OH excluding ortho intramolecular Hbond substituents is 2. The molecule has 2 aromatic rings. The van der Waals surface area contributed by atoms with Crippen LogP contribution in [0, 0.1) is 13.8 Å². The van der Waals surface area contributed by atoms with Crippen molar-refractivity contribution < 1.29 is 19.7 Å². The fourth-order valence-corrected chi connectivity index (χ4v) is 2.39. The van der Waals surface area contributed by atoms with E-state index in [1.54, 1.807) is 31.2 Å². The summed E-state index contributed by atoms with van der Waals surface area (Å²) in [5, 5.41) is 19.4. The monoisotopic (exact) mass is 326 g/mol. The maximum Gasteiger partial charge on any atom is 0.185 e. The number of hydrogen-bond acceptors (Lipinski definition) is 4. The second kappa shape index (κ2) is 7.68. The zero-order chi connectivity index (χ0) is 17.7. The van der Waals surface area contributed by atoms with Crippen molar-refractivity contribution in [2.45, 2.75) is 27.2 Å². The maximum absolute atomic E-state index is 12.2. The molecule has 0 aliphatic carbocycles. The van der Waals surface area contributed by atoms with E-state index >= 15 is 0 Å². The maximum atomic E-state index is 12.2. The van der Waals surface area contributed by atoms with Gasteiger partial charge in [0.15, 0.2) is 5.78 Å². The smallest absolute Gasteiger partial charge is 0.185 e. The predicted octanol–water partition coefficient (Wildman–Crippen LogP) is 4.40. The number of aryl methyl sites for hydroxylation is 1. The lowest BCUT2D eigenvalue weighted by atomic mass is 10.0. The van der Waals surface area contributed by atoms with E-state index in [9.17, 15) is 15.0 Å². The Morgan fingerprint density at radius 2 is 1.83 bits per heavy atom. The highest BCUT2D eigenvalue weighted by Gasteiger charge is 2.13. The first-order chi connectivity index (χ1) is 11.4. The number of benzene rings is 2. The quantitative estimate of drug-likeness (QED) is 0.610. The van der Waals surface area contributed by atoms with Gasteiger partial charge in [-0.2, -0.15) is 0 Å². The third-order valence-electron chi connectivity index (χ3n) is 3.72. The molecule has 2 aromatic carbocycles. The van der Waals surface area contributed by atoms with Crippen LogP contribution in [-0.2, 0) is 0 Å². The predicted molar refractivity (Wildman–Crippen MR) is 94.8 cm³/mol. The van der Waals surface area contributed by atoms with Gasteiger partial charge >= 0.3 is 0 Å². The number of phenols is 2. The van der Waals surface area contributed by atoms with Gasteiger partial charge in [-0.3, -0.25) is 4.79 Å². The largest absolute Gasteiger partial charge is 0.508 e. The second-order valence-corrected chi connectivity index (χ2v) is 5.68. The molecule has 24 heavy (non-hydrogen) atoms. The molecule has 4 heteroatoms. The van der Waals surface area contributed by atoms with Crippen LogP contribution in [-0.4, -0.2) is 22.6 Å². The molecular weight excluding hydrogens is 304 g/mol. The molecule has 126 valence electrons. The minimum atomic E-state index is -0.167. The van der Waals surface area contributed by atoms with Crippen LogP contribution in [0.1, 0.15) is 40.4 Å². The molecule has 0 aromatic heterocycles. The van der Waals surface area contributed by atoms with Crippen molar-refractivity contribution >= 4 is 11.9 Å². The number of carbonyl (C=O) groups excluding carboxylic acids is 1. The van der Waals surface area contributed by atoms with E-state index < -0.39 is 0 Å². The zero-order valence-electron chi connectivity index (χ0n) is 14.2. The highest BCUT2D eigenvalue weighted by Crippen LogP contribution is 2.35. The van der Waals surface area contributed by atoms with E-state index in [0.29, 0.717) is 23.5 Å². The average Bonchev–Trinajstić information content (AvgIpc) is 2.57. The first-order valence-electron chi connectivity index (χ1n) is 7.91. The highest BCUT2D eigenvalue weighted by atomic mass is 16.5. The molecule has 0 unspecified atom stereocenters. The first-order valence-corrected chi connectivity index (χ1v) is 7.91. The van der Waals surface area contributed by atoms with Crippen LogP contribution >= 0.6 is 0 Å². The third kappa shape index (κ3) is 3.96. The van der Waals surface area contributed by atoms with Crippen molar-refractivity contribution in [3.63, 3.8) is 0 Å². The van der Waals surface area contributed by atoms with Gasteiger partial charge in [0.25, 0.3) is 0 Å². The number of allylic oxidation sites excluding steroid dienone is 1. The highest BCUT2D eigenvalue weighted by molar-refractivity contribution is 6.07. The van der Waals surface area contributed by atoms with Gasteiger partial charge < -0.3 is 14.9 Å². The number of rotatable bonds is 6. The van der Waals surface area contributed by atoms with Crippen LogP contribution in [0.3, 0.4) is 0 Å². The third-order valence-corrected chi connectivity index (χ3v) is 3.72. The van der Waals surface area contributed by atoms with Crippen LogP contribution < -0.4 is 4.74 Å². The van der Waals surface area contributed by atoms with Gasteiger partial charge in [0, 0.05) is 16.7 Å². The van der Waals surface area contributed by atoms with Crippen LogP contribution in [0.4, 0.5) is 0 Å².